The van der Waals surface area contributed by atoms with Crippen molar-refractivity contribution in [3.63, 3.8) is 0 Å². The average molecular weight is 262 g/mol. The summed E-state index contributed by atoms with van der Waals surface area (Å²) in [6.07, 6.45) is 4.77. The molecular weight excluding hydrogens is 248 g/mol. The topological polar surface area (TPSA) is 72.4 Å². The van der Waals surface area contributed by atoms with Crippen LogP contribution in [0.4, 0.5) is 0 Å². The molecule has 0 fully saturated rings. The van der Waals surface area contributed by atoms with Gasteiger partial charge in [0.15, 0.2) is 0 Å². The lowest BCUT2D eigenvalue weighted by atomic mass is 10.2. The standard InChI is InChI=1S/C12H14N4OS/c13-11(18)5-3-6-14-12(17)9-8-15-16-7-2-1-4-10(9)16/h1-2,4,7-8H,3,5-6H2,(H2,13,18)(H,14,17). The zero-order chi connectivity index (χ0) is 13.0. The second-order valence-corrected chi connectivity index (χ2v) is 4.44. The van der Waals surface area contributed by atoms with Gasteiger partial charge in [-0.15, -0.1) is 0 Å². The highest BCUT2D eigenvalue weighted by molar-refractivity contribution is 7.80. The highest BCUT2D eigenvalue weighted by Gasteiger charge is 2.11. The predicted octanol–water partition coefficient (Wildman–Crippen LogP) is 1.13. The molecule has 1 amide bonds. The number of amides is 1. The lowest BCUT2D eigenvalue weighted by molar-refractivity contribution is 0.0955. The molecule has 18 heavy (non-hydrogen) atoms. The maximum absolute atomic E-state index is 11.9. The minimum absolute atomic E-state index is 0.126. The van der Waals surface area contributed by atoms with Gasteiger partial charge in [0.05, 0.1) is 22.3 Å². The van der Waals surface area contributed by atoms with Crippen LogP contribution in [0.5, 0.6) is 0 Å². The molecule has 0 aliphatic heterocycles. The molecular formula is C12H14N4OS. The molecule has 0 unspecified atom stereocenters. The van der Waals surface area contributed by atoms with E-state index in [1.165, 1.54) is 0 Å². The molecule has 0 saturated carbocycles. The SMILES string of the molecule is NC(=S)CCCNC(=O)c1cnn2ccccc12. The van der Waals surface area contributed by atoms with Gasteiger partial charge >= 0.3 is 0 Å². The molecule has 0 spiro atoms. The molecule has 3 N–H and O–H groups in total. The molecule has 2 heterocycles. The third kappa shape index (κ3) is 2.84. The second kappa shape index (κ2) is 5.59. The van der Waals surface area contributed by atoms with E-state index in [9.17, 15) is 4.79 Å². The normalized spacial score (nSPS) is 10.4. The van der Waals surface area contributed by atoms with E-state index in [4.69, 9.17) is 18.0 Å². The van der Waals surface area contributed by atoms with Crippen LogP contribution in [-0.2, 0) is 0 Å². The van der Waals surface area contributed by atoms with Gasteiger partial charge in [-0.2, -0.15) is 5.10 Å². The Labute approximate surface area is 110 Å². The van der Waals surface area contributed by atoms with E-state index in [1.54, 1.807) is 16.9 Å². The molecule has 5 nitrogen and oxygen atoms in total. The number of carbonyl (C=O) groups excluding carboxylic acids is 1. The molecule has 2 aromatic rings. The van der Waals surface area contributed by atoms with Crippen molar-refractivity contribution >= 4 is 28.6 Å². The average Bonchev–Trinajstić information content (AvgIpc) is 2.78. The van der Waals surface area contributed by atoms with Gasteiger partial charge in [0, 0.05) is 12.7 Å². The van der Waals surface area contributed by atoms with Crippen LogP contribution < -0.4 is 11.1 Å². The van der Waals surface area contributed by atoms with E-state index < -0.39 is 0 Å². The van der Waals surface area contributed by atoms with Crippen molar-refractivity contribution in [3.05, 3.63) is 36.2 Å². The van der Waals surface area contributed by atoms with Crippen LogP contribution in [0.3, 0.4) is 0 Å². The molecule has 0 aliphatic rings. The third-order valence-corrected chi connectivity index (χ3v) is 2.76. The highest BCUT2D eigenvalue weighted by atomic mass is 32.1. The fourth-order valence-electron chi connectivity index (χ4n) is 1.67. The summed E-state index contributed by atoms with van der Waals surface area (Å²) in [7, 11) is 0. The van der Waals surface area contributed by atoms with E-state index in [0.29, 0.717) is 23.5 Å². The Morgan fingerprint density at radius 2 is 2.33 bits per heavy atom. The van der Waals surface area contributed by atoms with E-state index >= 15 is 0 Å². The van der Waals surface area contributed by atoms with Crippen LogP contribution in [0.25, 0.3) is 5.52 Å². The fraction of sp³-hybridized carbons (Fsp3) is 0.250. The van der Waals surface area contributed by atoms with Crippen molar-refractivity contribution in [2.24, 2.45) is 5.73 Å². The zero-order valence-corrected chi connectivity index (χ0v) is 10.6. The van der Waals surface area contributed by atoms with Crippen molar-refractivity contribution in [1.82, 2.24) is 14.9 Å². The van der Waals surface area contributed by atoms with Gasteiger partial charge in [-0.1, -0.05) is 18.3 Å². The van der Waals surface area contributed by atoms with Crippen molar-refractivity contribution < 1.29 is 4.79 Å². The Morgan fingerprint density at radius 3 is 3.11 bits per heavy atom. The predicted molar refractivity (Wildman–Crippen MR) is 73.5 cm³/mol. The smallest absolute Gasteiger partial charge is 0.255 e. The quantitative estimate of drug-likeness (QED) is 0.626. The lowest BCUT2D eigenvalue weighted by Gasteiger charge is -2.03. The summed E-state index contributed by atoms with van der Waals surface area (Å²) in [5.74, 6) is -0.126. The third-order valence-electron chi connectivity index (χ3n) is 2.56. The Hall–Kier alpha value is -1.95. The number of thiocarbonyl (C=S) groups is 1. The number of hydrogen-bond donors (Lipinski definition) is 2. The molecule has 0 bridgehead atoms. The van der Waals surface area contributed by atoms with Crippen molar-refractivity contribution in [1.29, 1.82) is 0 Å². The molecule has 2 aromatic heterocycles. The molecule has 0 saturated heterocycles. The van der Waals surface area contributed by atoms with Crippen LogP contribution in [0, 0.1) is 0 Å². The van der Waals surface area contributed by atoms with Crippen molar-refractivity contribution in [2.45, 2.75) is 12.8 Å². The van der Waals surface area contributed by atoms with Crippen LogP contribution in [-0.4, -0.2) is 27.1 Å². The van der Waals surface area contributed by atoms with E-state index in [-0.39, 0.29) is 5.91 Å². The van der Waals surface area contributed by atoms with Gasteiger partial charge in [-0.05, 0) is 25.0 Å². The molecule has 0 radical (unpaired) electrons. The number of carbonyl (C=O) groups is 1. The molecule has 6 heteroatoms. The molecule has 2 rings (SSSR count). The lowest BCUT2D eigenvalue weighted by Crippen LogP contribution is -2.25. The van der Waals surface area contributed by atoms with E-state index in [0.717, 1.165) is 11.9 Å². The van der Waals surface area contributed by atoms with Gasteiger partial charge in [0.1, 0.15) is 0 Å². The van der Waals surface area contributed by atoms with Crippen LogP contribution in [0.1, 0.15) is 23.2 Å². The Kier molecular flexibility index (Phi) is 3.88. The summed E-state index contributed by atoms with van der Waals surface area (Å²) in [5.41, 5.74) is 6.75. The summed E-state index contributed by atoms with van der Waals surface area (Å²) in [4.78, 5) is 12.4. The van der Waals surface area contributed by atoms with Gasteiger partial charge in [0.25, 0.3) is 5.91 Å². The molecule has 0 aliphatic carbocycles. The molecule has 94 valence electrons. The summed E-state index contributed by atoms with van der Waals surface area (Å²) >= 11 is 4.77. The van der Waals surface area contributed by atoms with Gasteiger partial charge in [-0.25, -0.2) is 4.52 Å². The number of aromatic nitrogens is 2. The first-order valence-electron chi connectivity index (χ1n) is 5.67. The van der Waals surface area contributed by atoms with Gasteiger partial charge in [0.2, 0.25) is 0 Å². The van der Waals surface area contributed by atoms with E-state index in [1.807, 2.05) is 18.2 Å². The molecule has 0 aromatic carbocycles. The van der Waals surface area contributed by atoms with Crippen LogP contribution in [0.2, 0.25) is 0 Å². The number of fused-ring (bicyclic) bond motifs is 1. The summed E-state index contributed by atoms with van der Waals surface area (Å²) in [6.45, 7) is 0.556. The van der Waals surface area contributed by atoms with Crippen LogP contribution >= 0.6 is 12.2 Å². The van der Waals surface area contributed by atoms with Gasteiger partial charge < -0.3 is 11.1 Å². The number of nitrogens with zero attached hydrogens (tertiary/aromatic N) is 2. The number of hydrogen-bond acceptors (Lipinski definition) is 3. The van der Waals surface area contributed by atoms with Crippen molar-refractivity contribution in [3.8, 4) is 0 Å². The fourth-order valence-corrected chi connectivity index (χ4v) is 1.81. The highest BCUT2D eigenvalue weighted by Crippen LogP contribution is 2.09. The first-order valence-corrected chi connectivity index (χ1v) is 6.08. The Morgan fingerprint density at radius 1 is 1.50 bits per heavy atom. The second-order valence-electron chi connectivity index (χ2n) is 3.91. The number of rotatable bonds is 5. The Balaban J connectivity index is 1.99. The van der Waals surface area contributed by atoms with Crippen LogP contribution in [0.15, 0.2) is 30.6 Å². The Bertz CT molecular complexity index is 578. The van der Waals surface area contributed by atoms with Crippen molar-refractivity contribution in [2.75, 3.05) is 6.54 Å². The number of nitrogens with one attached hydrogen (secondary N) is 1. The largest absolute Gasteiger partial charge is 0.393 e. The number of pyridine rings is 1. The minimum Gasteiger partial charge on any atom is -0.393 e. The summed E-state index contributed by atoms with van der Waals surface area (Å²) in [5, 5.41) is 6.94. The molecule has 0 atom stereocenters. The summed E-state index contributed by atoms with van der Waals surface area (Å²) < 4.78 is 1.67. The first-order chi connectivity index (χ1) is 8.68. The van der Waals surface area contributed by atoms with Gasteiger partial charge in [-0.3, -0.25) is 4.79 Å². The summed E-state index contributed by atoms with van der Waals surface area (Å²) in [6, 6.07) is 5.60. The number of nitrogens with two attached hydrogens (primary N) is 1. The minimum atomic E-state index is -0.126. The monoisotopic (exact) mass is 262 g/mol. The maximum atomic E-state index is 11.9. The first kappa shape index (κ1) is 12.5. The maximum Gasteiger partial charge on any atom is 0.255 e. The van der Waals surface area contributed by atoms with E-state index in [2.05, 4.69) is 10.4 Å². The zero-order valence-electron chi connectivity index (χ0n) is 9.80.